The summed E-state index contributed by atoms with van der Waals surface area (Å²) >= 11 is 0. The van der Waals surface area contributed by atoms with E-state index < -0.39 is 5.91 Å². The summed E-state index contributed by atoms with van der Waals surface area (Å²) in [6.45, 7) is 0.609. The van der Waals surface area contributed by atoms with Gasteiger partial charge in [0.1, 0.15) is 18.4 Å². The minimum absolute atomic E-state index is 0.155. The summed E-state index contributed by atoms with van der Waals surface area (Å²) in [5.41, 5.74) is -0.199. The number of nitrogens with one attached hydrogen (secondary N) is 2. The zero-order valence-corrected chi connectivity index (χ0v) is 12.5. The number of benzene rings is 1. The molecule has 1 aliphatic rings. The standard InChI is InChI=1S/C16H16N2O5/c1-21-15-8-17-11(6-12(15)19)16(20)18-7-10-9-22-13-4-2-3-5-14(13)23-10/h2-6,8,10H,7,9H2,1H3,(H,17,19)(H,18,20)/t10-/m0/s1. The Labute approximate surface area is 132 Å². The fourth-order valence-corrected chi connectivity index (χ4v) is 2.21. The molecular weight excluding hydrogens is 300 g/mol. The van der Waals surface area contributed by atoms with Gasteiger partial charge in [0.05, 0.1) is 13.7 Å². The lowest BCUT2D eigenvalue weighted by Crippen LogP contribution is -2.41. The monoisotopic (exact) mass is 316 g/mol. The van der Waals surface area contributed by atoms with Crippen molar-refractivity contribution in [3.05, 3.63) is 52.4 Å². The van der Waals surface area contributed by atoms with Gasteiger partial charge in [-0.2, -0.15) is 0 Å². The van der Waals surface area contributed by atoms with Crippen molar-refractivity contribution < 1.29 is 19.0 Å². The summed E-state index contributed by atoms with van der Waals surface area (Å²) in [6, 6.07) is 8.55. The van der Waals surface area contributed by atoms with Crippen LogP contribution in [0.25, 0.3) is 0 Å². The topological polar surface area (TPSA) is 89.7 Å². The minimum atomic E-state index is -0.396. The highest BCUT2D eigenvalue weighted by atomic mass is 16.6. The second-order valence-corrected chi connectivity index (χ2v) is 4.99. The van der Waals surface area contributed by atoms with Gasteiger partial charge >= 0.3 is 0 Å². The number of aromatic nitrogens is 1. The third-order valence-electron chi connectivity index (χ3n) is 3.40. The van der Waals surface area contributed by atoms with Crippen molar-refractivity contribution >= 4 is 5.91 Å². The molecule has 0 radical (unpaired) electrons. The Bertz CT molecular complexity index is 771. The lowest BCUT2D eigenvalue weighted by molar-refractivity contribution is 0.0786. The van der Waals surface area contributed by atoms with Gasteiger partial charge in [-0.05, 0) is 12.1 Å². The Kier molecular flexibility index (Phi) is 4.18. The molecule has 2 heterocycles. The average Bonchev–Trinajstić information content (AvgIpc) is 2.59. The number of carbonyl (C=O) groups excluding carboxylic acids is 1. The highest BCUT2D eigenvalue weighted by molar-refractivity contribution is 5.92. The molecule has 1 aromatic carbocycles. The van der Waals surface area contributed by atoms with Gasteiger partial charge in [-0.1, -0.05) is 12.1 Å². The number of amides is 1. The minimum Gasteiger partial charge on any atom is -0.491 e. The lowest BCUT2D eigenvalue weighted by atomic mass is 10.2. The van der Waals surface area contributed by atoms with Gasteiger partial charge in [0.25, 0.3) is 5.91 Å². The number of fused-ring (bicyclic) bond motifs is 1. The fourth-order valence-electron chi connectivity index (χ4n) is 2.21. The van der Waals surface area contributed by atoms with E-state index in [0.717, 1.165) is 0 Å². The lowest BCUT2D eigenvalue weighted by Gasteiger charge is -2.26. The molecule has 7 heteroatoms. The molecule has 0 aliphatic carbocycles. The van der Waals surface area contributed by atoms with Gasteiger partial charge in [0, 0.05) is 12.3 Å². The molecule has 0 fully saturated rings. The number of para-hydroxylation sites is 2. The number of aromatic amines is 1. The van der Waals surface area contributed by atoms with Crippen molar-refractivity contribution in [3.63, 3.8) is 0 Å². The van der Waals surface area contributed by atoms with Crippen molar-refractivity contribution in [3.8, 4) is 17.2 Å². The van der Waals surface area contributed by atoms with Crippen LogP contribution in [-0.2, 0) is 0 Å². The quantitative estimate of drug-likeness (QED) is 0.877. The molecule has 2 aromatic rings. The van der Waals surface area contributed by atoms with Crippen LogP contribution in [0.2, 0.25) is 0 Å². The van der Waals surface area contributed by atoms with Crippen LogP contribution < -0.4 is 25.0 Å². The molecule has 2 N–H and O–H groups in total. The number of H-pyrrole nitrogens is 1. The summed E-state index contributed by atoms with van der Waals surface area (Å²) in [4.78, 5) is 26.4. The van der Waals surface area contributed by atoms with E-state index in [1.54, 1.807) is 0 Å². The zero-order chi connectivity index (χ0) is 16.2. The summed E-state index contributed by atoms with van der Waals surface area (Å²) in [5, 5.41) is 2.71. The van der Waals surface area contributed by atoms with Crippen molar-refractivity contribution in [2.75, 3.05) is 20.3 Å². The molecular formula is C16H16N2O5. The Morgan fingerprint density at radius 2 is 2.17 bits per heavy atom. The van der Waals surface area contributed by atoms with Crippen LogP contribution in [0.3, 0.4) is 0 Å². The summed E-state index contributed by atoms with van der Waals surface area (Å²) in [6.07, 6.45) is 1.06. The van der Waals surface area contributed by atoms with Crippen LogP contribution in [0.15, 0.2) is 41.3 Å². The third-order valence-corrected chi connectivity index (χ3v) is 3.40. The number of pyridine rings is 1. The Morgan fingerprint density at radius 1 is 1.39 bits per heavy atom. The normalized spacial score (nSPS) is 15.8. The molecule has 7 nitrogen and oxygen atoms in total. The Hall–Kier alpha value is -2.96. The first-order valence-electron chi connectivity index (χ1n) is 7.11. The van der Waals surface area contributed by atoms with E-state index in [1.165, 1.54) is 19.4 Å². The molecule has 0 saturated carbocycles. The molecule has 1 atom stereocenters. The van der Waals surface area contributed by atoms with Gasteiger partial charge < -0.3 is 24.5 Å². The van der Waals surface area contributed by atoms with Crippen LogP contribution in [0.1, 0.15) is 10.5 Å². The Balaban J connectivity index is 1.60. The SMILES string of the molecule is COc1c[nH]c(C(=O)NC[C@H]2COc3ccccc3O2)cc1=O. The van der Waals surface area contributed by atoms with Crippen molar-refractivity contribution in [1.29, 1.82) is 0 Å². The Morgan fingerprint density at radius 3 is 2.91 bits per heavy atom. The molecule has 3 rings (SSSR count). The maximum Gasteiger partial charge on any atom is 0.267 e. The molecule has 23 heavy (non-hydrogen) atoms. The number of methoxy groups -OCH3 is 1. The van der Waals surface area contributed by atoms with Crippen molar-refractivity contribution in [1.82, 2.24) is 10.3 Å². The summed E-state index contributed by atoms with van der Waals surface area (Å²) in [7, 11) is 1.39. The van der Waals surface area contributed by atoms with E-state index in [4.69, 9.17) is 14.2 Å². The summed E-state index contributed by atoms with van der Waals surface area (Å²) < 4.78 is 16.2. The number of carbonyl (C=O) groups is 1. The average molecular weight is 316 g/mol. The molecule has 120 valence electrons. The number of hydrogen-bond donors (Lipinski definition) is 2. The van der Waals surface area contributed by atoms with Crippen LogP contribution >= 0.6 is 0 Å². The second-order valence-electron chi connectivity index (χ2n) is 4.99. The highest BCUT2D eigenvalue weighted by Gasteiger charge is 2.21. The predicted octanol–water partition coefficient (Wildman–Crippen LogP) is 0.953. The molecule has 0 bridgehead atoms. The van der Waals surface area contributed by atoms with Crippen molar-refractivity contribution in [2.45, 2.75) is 6.10 Å². The number of ether oxygens (including phenoxy) is 3. The molecule has 1 amide bonds. The number of hydrogen-bond acceptors (Lipinski definition) is 5. The van der Waals surface area contributed by atoms with E-state index in [2.05, 4.69) is 10.3 Å². The molecule has 1 aromatic heterocycles. The van der Waals surface area contributed by atoms with Crippen LogP contribution in [0, 0.1) is 0 Å². The van der Waals surface area contributed by atoms with Gasteiger partial charge in [-0.15, -0.1) is 0 Å². The maximum atomic E-state index is 12.1. The first-order chi connectivity index (χ1) is 11.2. The van der Waals surface area contributed by atoms with Gasteiger partial charge in [0.2, 0.25) is 5.43 Å². The predicted molar refractivity (Wildman–Crippen MR) is 82.3 cm³/mol. The van der Waals surface area contributed by atoms with E-state index in [1.807, 2.05) is 24.3 Å². The number of rotatable bonds is 4. The van der Waals surface area contributed by atoms with E-state index >= 15 is 0 Å². The summed E-state index contributed by atoms with van der Waals surface area (Å²) in [5.74, 6) is 1.10. The fraction of sp³-hybridized carbons (Fsp3) is 0.250. The molecule has 0 unspecified atom stereocenters. The smallest absolute Gasteiger partial charge is 0.267 e. The van der Waals surface area contributed by atoms with E-state index in [9.17, 15) is 9.59 Å². The van der Waals surface area contributed by atoms with E-state index in [-0.39, 0.29) is 29.5 Å². The highest BCUT2D eigenvalue weighted by Crippen LogP contribution is 2.30. The van der Waals surface area contributed by atoms with Crippen LogP contribution in [0.4, 0.5) is 0 Å². The van der Waals surface area contributed by atoms with Gasteiger partial charge in [-0.3, -0.25) is 9.59 Å². The molecule has 1 aliphatic heterocycles. The molecule has 0 spiro atoms. The van der Waals surface area contributed by atoms with Gasteiger partial charge in [0.15, 0.2) is 17.2 Å². The first kappa shape index (κ1) is 15.0. The van der Waals surface area contributed by atoms with Crippen LogP contribution in [-0.4, -0.2) is 37.3 Å². The zero-order valence-electron chi connectivity index (χ0n) is 12.5. The van der Waals surface area contributed by atoms with Crippen molar-refractivity contribution in [2.24, 2.45) is 0 Å². The van der Waals surface area contributed by atoms with E-state index in [0.29, 0.717) is 18.1 Å². The maximum absolute atomic E-state index is 12.1. The first-order valence-corrected chi connectivity index (χ1v) is 7.11. The third kappa shape index (κ3) is 3.28. The molecule has 0 saturated heterocycles. The largest absolute Gasteiger partial charge is 0.491 e. The van der Waals surface area contributed by atoms with Crippen LogP contribution in [0.5, 0.6) is 17.2 Å². The van der Waals surface area contributed by atoms with Gasteiger partial charge in [-0.25, -0.2) is 0 Å². The second kappa shape index (κ2) is 6.43.